The van der Waals surface area contributed by atoms with Gasteiger partial charge in [-0.1, -0.05) is 0 Å². The number of halogens is 6. The zero-order valence-corrected chi connectivity index (χ0v) is 10.9. The van der Waals surface area contributed by atoms with Gasteiger partial charge in [0.15, 0.2) is 6.10 Å². The highest BCUT2D eigenvalue weighted by Crippen LogP contribution is 2.23. The van der Waals surface area contributed by atoms with E-state index in [1.54, 1.807) is 31.3 Å². The number of aliphatic hydroxyl groups is 1. The Morgan fingerprint density at radius 3 is 1.95 bits per heavy atom. The molecule has 1 heterocycles. The van der Waals surface area contributed by atoms with Gasteiger partial charge >= 0.3 is 12.4 Å². The lowest BCUT2D eigenvalue weighted by Gasteiger charge is -2.29. The van der Waals surface area contributed by atoms with Crippen LogP contribution in [0.2, 0.25) is 0 Å². The van der Waals surface area contributed by atoms with Gasteiger partial charge in [-0.25, -0.2) is 0 Å². The molecule has 0 bridgehead atoms. The molecule has 1 rings (SSSR count). The molecule has 1 N–H and O–H groups in total. The van der Waals surface area contributed by atoms with Gasteiger partial charge in [0.1, 0.15) is 5.97 Å². The van der Waals surface area contributed by atoms with Crippen LogP contribution < -0.4 is 5.11 Å². The van der Waals surface area contributed by atoms with Gasteiger partial charge in [-0.15, -0.1) is 0 Å². The van der Waals surface area contributed by atoms with Crippen LogP contribution in [0.4, 0.5) is 26.3 Å². The van der Waals surface area contributed by atoms with Crippen molar-refractivity contribution in [2.24, 2.45) is 0 Å². The number of hydrogen-bond acceptors (Lipinski definition) is 5. The summed E-state index contributed by atoms with van der Waals surface area (Å²) >= 11 is 0. The summed E-state index contributed by atoms with van der Waals surface area (Å²) < 4.78 is 67.6. The second-order valence-corrected chi connectivity index (χ2v) is 4.13. The van der Waals surface area contributed by atoms with Crippen LogP contribution in [0.25, 0.3) is 0 Å². The number of rotatable bonds is 2. The topological polar surface area (TPSA) is 66.8 Å². The Morgan fingerprint density at radius 1 is 1.29 bits per heavy atom. The molecule has 1 aliphatic heterocycles. The van der Waals surface area contributed by atoms with Gasteiger partial charge in [0.2, 0.25) is 0 Å². The first-order valence-corrected chi connectivity index (χ1v) is 5.45. The third kappa shape index (κ3) is 6.56. The predicted octanol–water partition coefficient (Wildman–Crippen LogP) is 0.273. The highest BCUT2D eigenvalue weighted by atomic mass is 19.4. The summed E-state index contributed by atoms with van der Waals surface area (Å²) in [4.78, 5) is 12.0. The minimum atomic E-state index is -5.19. The van der Waals surface area contributed by atoms with Crippen molar-refractivity contribution < 1.29 is 41.4 Å². The number of aliphatic carboxylic acids is 1. The van der Waals surface area contributed by atoms with Crippen molar-refractivity contribution in [3.63, 3.8) is 0 Å². The summed E-state index contributed by atoms with van der Waals surface area (Å²) in [5.41, 5.74) is 0. The van der Waals surface area contributed by atoms with Crippen LogP contribution in [-0.2, 0) is 4.79 Å². The molecular weight excluding hydrogens is 310 g/mol. The summed E-state index contributed by atoms with van der Waals surface area (Å²) in [5, 5.41) is 17.6. The van der Waals surface area contributed by atoms with E-state index in [0.29, 0.717) is 0 Å². The van der Waals surface area contributed by atoms with Gasteiger partial charge < -0.3 is 24.8 Å². The summed E-state index contributed by atoms with van der Waals surface area (Å²) in [7, 11) is 1.77. The number of nitrogens with zero attached hydrogens (tertiary/aromatic N) is 2. The lowest BCUT2D eigenvalue weighted by atomic mass is 10.3. The first-order chi connectivity index (χ1) is 9.26. The number of carboxylic acids is 1. The number of β-amino-alcohol motifs (C(OH)–C–C–N with tert-alkyl or cyclic N) is 1. The van der Waals surface area contributed by atoms with E-state index in [0.717, 1.165) is 0 Å². The average molecular weight is 323 g/mol. The Morgan fingerprint density at radius 2 is 1.71 bits per heavy atom. The summed E-state index contributed by atoms with van der Waals surface area (Å²) in [5.74, 6) is -3.01. The Labute approximate surface area is 116 Å². The molecule has 0 spiro atoms. The molecule has 0 aromatic rings. The molecule has 124 valence electrons. The van der Waals surface area contributed by atoms with Crippen molar-refractivity contribution in [3.8, 4) is 0 Å². The largest absolute Gasteiger partial charge is 0.542 e. The molecule has 0 aromatic heterocycles. The lowest BCUT2D eigenvalue weighted by Crippen LogP contribution is -2.43. The molecule has 0 saturated carbocycles. The van der Waals surface area contributed by atoms with E-state index < -0.39 is 31.0 Å². The summed E-state index contributed by atoms with van der Waals surface area (Å²) in [6, 6.07) is 0. The second-order valence-electron chi connectivity index (χ2n) is 4.13. The molecule has 0 radical (unpaired) electrons. The van der Waals surface area contributed by atoms with Crippen molar-refractivity contribution in [2.75, 3.05) is 13.6 Å². The van der Waals surface area contributed by atoms with Crippen molar-refractivity contribution in [2.45, 2.75) is 31.5 Å². The van der Waals surface area contributed by atoms with Crippen molar-refractivity contribution in [1.29, 1.82) is 0 Å². The van der Waals surface area contributed by atoms with Crippen LogP contribution in [0.15, 0.2) is 12.4 Å². The van der Waals surface area contributed by atoms with Gasteiger partial charge in [-0.2, -0.15) is 26.3 Å². The third-order valence-electron chi connectivity index (χ3n) is 2.56. The maximum Gasteiger partial charge on any atom is 0.430 e. The smallest absolute Gasteiger partial charge is 0.430 e. The number of alkyl halides is 6. The molecule has 0 fully saturated rings. The first-order valence-electron chi connectivity index (χ1n) is 5.45. The Hall–Kier alpha value is -1.65. The molecule has 0 aromatic carbocycles. The Bertz CT molecular complexity index is 382. The van der Waals surface area contributed by atoms with Crippen LogP contribution in [0.1, 0.15) is 6.92 Å². The van der Waals surface area contributed by atoms with Crippen molar-refractivity contribution >= 4 is 5.97 Å². The minimum absolute atomic E-state index is 0.146. The highest BCUT2D eigenvalue weighted by molar-refractivity contribution is 5.70. The van der Waals surface area contributed by atoms with E-state index in [9.17, 15) is 26.3 Å². The van der Waals surface area contributed by atoms with E-state index in [-0.39, 0.29) is 6.17 Å². The van der Waals surface area contributed by atoms with Crippen molar-refractivity contribution in [1.82, 2.24) is 9.80 Å². The molecule has 0 saturated heterocycles. The SMILES string of the molecule is CC1N(C)C=CN1CC(O)C(F)(F)F.O=C([O-])C(F)(F)F. The van der Waals surface area contributed by atoms with Gasteiger partial charge in [0, 0.05) is 19.4 Å². The maximum atomic E-state index is 12.0. The van der Waals surface area contributed by atoms with Gasteiger partial charge in [0.05, 0.1) is 12.7 Å². The van der Waals surface area contributed by atoms with E-state index in [2.05, 4.69) is 0 Å². The van der Waals surface area contributed by atoms with E-state index in [4.69, 9.17) is 15.0 Å². The van der Waals surface area contributed by atoms with Gasteiger partial charge in [-0.05, 0) is 6.92 Å². The number of carbonyl (C=O) groups excluding carboxylic acids is 1. The highest BCUT2D eigenvalue weighted by Gasteiger charge is 2.40. The standard InChI is InChI=1S/C8H13F3N2O.C2HF3O2/c1-6-12(2)3-4-13(6)5-7(14)8(9,10)11;3-2(4,5)1(6)7/h3-4,6-7,14H,5H2,1-2H3;(H,6,7)/p-1. The number of carbonyl (C=O) groups is 1. The minimum Gasteiger partial charge on any atom is -0.542 e. The molecule has 0 amide bonds. The monoisotopic (exact) mass is 323 g/mol. The molecule has 21 heavy (non-hydrogen) atoms. The Balaban J connectivity index is 0.000000486. The van der Waals surface area contributed by atoms with Crippen molar-refractivity contribution in [3.05, 3.63) is 12.4 Å². The maximum absolute atomic E-state index is 12.0. The molecular formula is C10H13F6N2O3-. The molecule has 0 aliphatic carbocycles. The van der Waals surface area contributed by atoms with Crippen LogP contribution in [0.5, 0.6) is 0 Å². The van der Waals surface area contributed by atoms with Crippen LogP contribution in [-0.4, -0.2) is 59.1 Å². The van der Waals surface area contributed by atoms with Gasteiger partial charge in [-0.3, -0.25) is 0 Å². The first kappa shape index (κ1) is 19.4. The molecule has 2 atom stereocenters. The van der Waals surface area contributed by atoms with Crippen LogP contribution >= 0.6 is 0 Å². The second kappa shape index (κ2) is 6.87. The number of carboxylic acid groups (broad SMARTS) is 1. The van der Waals surface area contributed by atoms with Gasteiger partial charge in [0.25, 0.3) is 0 Å². The average Bonchev–Trinajstić information content (AvgIpc) is 2.59. The Kier molecular flexibility index (Phi) is 6.33. The van der Waals surface area contributed by atoms with E-state index >= 15 is 0 Å². The van der Waals surface area contributed by atoms with Crippen LogP contribution in [0.3, 0.4) is 0 Å². The zero-order valence-electron chi connectivity index (χ0n) is 10.9. The summed E-state index contributed by atoms with van der Waals surface area (Å²) in [6.07, 6.45) is -8.96. The zero-order chi connectivity index (χ0) is 17.0. The molecule has 2 unspecified atom stereocenters. The fourth-order valence-corrected chi connectivity index (χ4v) is 1.19. The summed E-state index contributed by atoms with van der Waals surface area (Å²) in [6.45, 7) is 1.34. The lowest BCUT2D eigenvalue weighted by molar-refractivity contribution is -0.344. The van der Waals surface area contributed by atoms with Crippen LogP contribution in [0, 0.1) is 0 Å². The molecule has 11 heteroatoms. The normalized spacial score (nSPS) is 20.1. The molecule has 5 nitrogen and oxygen atoms in total. The quantitative estimate of drug-likeness (QED) is 0.739. The fraction of sp³-hybridized carbons (Fsp3) is 0.700. The van der Waals surface area contributed by atoms with E-state index in [1.165, 1.54) is 4.90 Å². The fourth-order valence-electron chi connectivity index (χ4n) is 1.19. The molecule has 1 aliphatic rings. The number of hydrogen-bond donors (Lipinski definition) is 1. The predicted molar refractivity (Wildman–Crippen MR) is 56.2 cm³/mol. The third-order valence-corrected chi connectivity index (χ3v) is 2.56. The van der Waals surface area contributed by atoms with E-state index in [1.807, 2.05) is 0 Å². The number of aliphatic hydroxyl groups excluding tert-OH is 1.